The smallest absolute Gasteiger partial charge is 0.325 e. The maximum atomic E-state index is 11.4. The Balaban J connectivity index is 2.33. The fourth-order valence-electron chi connectivity index (χ4n) is 2.02. The highest BCUT2D eigenvalue weighted by atomic mass is 16.4. The molecule has 96 valence electrons. The van der Waals surface area contributed by atoms with Gasteiger partial charge in [0.2, 0.25) is 0 Å². The van der Waals surface area contributed by atoms with Crippen LogP contribution < -0.4 is 5.32 Å². The van der Waals surface area contributed by atoms with E-state index in [9.17, 15) is 9.90 Å². The highest BCUT2D eigenvalue weighted by Crippen LogP contribution is 2.24. The summed E-state index contributed by atoms with van der Waals surface area (Å²) in [5.41, 5.74) is 1.75. The number of rotatable bonds is 5. The first-order valence-electron chi connectivity index (χ1n) is 6.11. The van der Waals surface area contributed by atoms with Gasteiger partial charge in [-0.05, 0) is 18.5 Å². The first kappa shape index (κ1) is 12.6. The van der Waals surface area contributed by atoms with E-state index in [4.69, 9.17) is 0 Å². The van der Waals surface area contributed by atoms with Gasteiger partial charge in [-0.2, -0.15) is 0 Å². The topological polar surface area (TPSA) is 65.1 Å². The van der Waals surface area contributed by atoms with Crippen molar-refractivity contribution in [1.29, 1.82) is 0 Å². The minimum Gasteiger partial charge on any atom is -0.480 e. The van der Waals surface area contributed by atoms with Gasteiger partial charge >= 0.3 is 5.97 Å². The molecule has 2 rings (SSSR count). The van der Waals surface area contributed by atoms with Crippen molar-refractivity contribution in [1.82, 2.24) is 10.3 Å². The Kier molecular flexibility index (Phi) is 3.67. The van der Waals surface area contributed by atoms with Gasteiger partial charge in [0, 0.05) is 22.7 Å². The van der Waals surface area contributed by atoms with Gasteiger partial charge in [-0.25, -0.2) is 0 Å². The van der Waals surface area contributed by atoms with Crippen LogP contribution in [0.2, 0.25) is 0 Å². The molecule has 1 aromatic heterocycles. The Labute approximate surface area is 106 Å². The van der Waals surface area contributed by atoms with Crippen LogP contribution in [0.3, 0.4) is 0 Å². The molecule has 1 heterocycles. The minimum absolute atomic E-state index is 0.414. The molecule has 0 bridgehead atoms. The maximum absolute atomic E-state index is 11.4. The third-order valence-corrected chi connectivity index (χ3v) is 2.91. The predicted molar refractivity (Wildman–Crippen MR) is 71.5 cm³/mol. The molecule has 1 aromatic carbocycles. The Hall–Kier alpha value is -1.81. The Morgan fingerprint density at radius 1 is 1.39 bits per heavy atom. The van der Waals surface area contributed by atoms with E-state index in [0.29, 0.717) is 12.5 Å². The number of nitrogens with one attached hydrogen (secondary N) is 2. The molecule has 1 atom stereocenters. The van der Waals surface area contributed by atoms with Crippen molar-refractivity contribution in [3.05, 3.63) is 36.0 Å². The molecule has 0 radical (unpaired) electrons. The standard InChI is InChI=1S/C14H18N2O2/c1-9(2)7-16-13(14(17)18)11-8-15-12-6-4-3-5-10(11)12/h3-6,8-9,13,15-16H,7H2,1-2H3,(H,17,18)/t13-/m0/s1. The Bertz CT molecular complexity index is 545. The fourth-order valence-corrected chi connectivity index (χ4v) is 2.02. The van der Waals surface area contributed by atoms with Crippen molar-refractivity contribution in [3.8, 4) is 0 Å². The largest absolute Gasteiger partial charge is 0.480 e. The Morgan fingerprint density at radius 2 is 2.11 bits per heavy atom. The molecule has 18 heavy (non-hydrogen) atoms. The summed E-state index contributed by atoms with van der Waals surface area (Å²) in [6.45, 7) is 4.79. The third kappa shape index (κ3) is 2.54. The number of hydrogen-bond donors (Lipinski definition) is 3. The molecule has 0 spiro atoms. The Morgan fingerprint density at radius 3 is 2.78 bits per heavy atom. The lowest BCUT2D eigenvalue weighted by molar-refractivity contribution is -0.139. The lowest BCUT2D eigenvalue weighted by Crippen LogP contribution is -2.31. The first-order chi connectivity index (χ1) is 8.59. The zero-order valence-corrected chi connectivity index (χ0v) is 10.6. The van der Waals surface area contributed by atoms with Crippen molar-refractivity contribution in [2.45, 2.75) is 19.9 Å². The van der Waals surface area contributed by atoms with E-state index in [1.165, 1.54) is 0 Å². The zero-order chi connectivity index (χ0) is 13.1. The van der Waals surface area contributed by atoms with Crippen molar-refractivity contribution in [2.24, 2.45) is 5.92 Å². The number of carbonyl (C=O) groups is 1. The summed E-state index contributed by atoms with van der Waals surface area (Å²) in [7, 11) is 0. The highest BCUT2D eigenvalue weighted by molar-refractivity contribution is 5.89. The van der Waals surface area contributed by atoms with Crippen LogP contribution in [-0.2, 0) is 4.79 Å². The van der Waals surface area contributed by atoms with E-state index in [-0.39, 0.29) is 0 Å². The lowest BCUT2D eigenvalue weighted by atomic mass is 10.1. The lowest BCUT2D eigenvalue weighted by Gasteiger charge is -2.15. The summed E-state index contributed by atoms with van der Waals surface area (Å²) >= 11 is 0. The third-order valence-electron chi connectivity index (χ3n) is 2.91. The van der Waals surface area contributed by atoms with Crippen molar-refractivity contribution >= 4 is 16.9 Å². The second kappa shape index (κ2) is 5.23. The molecule has 0 fully saturated rings. The van der Waals surface area contributed by atoms with Gasteiger partial charge in [0.15, 0.2) is 0 Å². The molecule has 0 aliphatic carbocycles. The molecule has 0 amide bonds. The number of carboxylic acid groups (broad SMARTS) is 1. The molecule has 0 saturated carbocycles. The molecule has 0 aliphatic heterocycles. The minimum atomic E-state index is -0.847. The molecule has 0 saturated heterocycles. The van der Waals surface area contributed by atoms with E-state index in [1.54, 1.807) is 6.20 Å². The number of aliphatic carboxylic acids is 1. The average Bonchev–Trinajstić information content (AvgIpc) is 2.73. The number of hydrogen-bond acceptors (Lipinski definition) is 2. The first-order valence-corrected chi connectivity index (χ1v) is 6.11. The van der Waals surface area contributed by atoms with Crippen LogP contribution in [0.1, 0.15) is 25.5 Å². The van der Waals surface area contributed by atoms with Gasteiger partial charge in [0.1, 0.15) is 6.04 Å². The molecule has 3 N–H and O–H groups in total. The summed E-state index contributed by atoms with van der Waals surface area (Å²) in [4.78, 5) is 14.5. The van der Waals surface area contributed by atoms with Crippen LogP contribution in [0, 0.1) is 5.92 Å². The molecular weight excluding hydrogens is 228 g/mol. The second-order valence-corrected chi connectivity index (χ2v) is 4.86. The molecule has 4 heteroatoms. The molecule has 4 nitrogen and oxygen atoms in total. The molecular formula is C14H18N2O2. The van der Waals surface area contributed by atoms with Crippen LogP contribution in [0.5, 0.6) is 0 Å². The summed E-state index contributed by atoms with van der Waals surface area (Å²) in [5, 5.41) is 13.4. The quantitative estimate of drug-likeness (QED) is 0.759. The number of aromatic nitrogens is 1. The van der Waals surface area contributed by atoms with Crippen molar-refractivity contribution in [2.75, 3.05) is 6.54 Å². The number of para-hydroxylation sites is 1. The van der Waals surface area contributed by atoms with Gasteiger partial charge in [-0.3, -0.25) is 4.79 Å². The van der Waals surface area contributed by atoms with Gasteiger partial charge in [-0.15, -0.1) is 0 Å². The maximum Gasteiger partial charge on any atom is 0.325 e. The van der Waals surface area contributed by atoms with E-state index in [1.807, 2.05) is 24.3 Å². The van der Waals surface area contributed by atoms with Crippen LogP contribution in [0.4, 0.5) is 0 Å². The fraction of sp³-hybridized carbons (Fsp3) is 0.357. The summed E-state index contributed by atoms with van der Waals surface area (Å²) in [6, 6.07) is 7.07. The van der Waals surface area contributed by atoms with Crippen LogP contribution in [-0.4, -0.2) is 22.6 Å². The SMILES string of the molecule is CC(C)CN[C@H](C(=O)O)c1c[nH]c2ccccc12. The zero-order valence-electron chi connectivity index (χ0n) is 10.6. The highest BCUT2D eigenvalue weighted by Gasteiger charge is 2.22. The summed E-state index contributed by atoms with van der Waals surface area (Å²) in [5.74, 6) is -0.433. The summed E-state index contributed by atoms with van der Waals surface area (Å²) in [6.07, 6.45) is 1.77. The molecule has 0 unspecified atom stereocenters. The number of carboxylic acids is 1. The van der Waals surface area contributed by atoms with E-state index >= 15 is 0 Å². The molecule has 0 aliphatic rings. The van der Waals surface area contributed by atoms with E-state index in [0.717, 1.165) is 16.5 Å². The van der Waals surface area contributed by atoms with Crippen LogP contribution in [0.25, 0.3) is 10.9 Å². The number of benzene rings is 1. The second-order valence-electron chi connectivity index (χ2n) is 4.86. The van der Waals surface area contributed by atoms with E-state index in [2.05, 4.69) is 24.1 Å². The average molecular weight is 246 g/mol. The normalized spacial score (nSPS) is 13.1. The summed E-state index contributed by atoms with van der Waals surface area (Å²) < 4.78 is 0. The predicted octanol–water partition coefficient (Wildman–Crippen LogP) is 2.54. The van der Waals surface area contributed by atoms with Crippen LogP contribution >= 0.6 is 0 Å². The van der Waals surface area contributed by atoms with Crippen molar-refractivity contribution < 1.29 is 9.90 Å². The van der Waals surface area contributed by atoms with Gasteiger partial charge in [-0.1, -0.05) is 32.0 Å². The van der Waals surface area contributed by atoms with Crippen molar-refractivity contribution in [3.63, 3.8) is 0 Å². The number of H-pyrrole nitrogens is 1. The number of aromatic amines is 1. The van der Waals surface area contributed by atoms with Crippen LogP contribution in [0.15, 0.2) is 30.5 Å². The van der Waals surface area contributed by atoms with Gasteiger partial charge in [0.05, 0.1) is 0 Å². The van der Waals surface area contributed by atoms with Gasteiger partial charge in [0.25, 0.3) is 0 Å². The number of fused-ring (bicyclic) bond motifs is 1. The van der Waals surface area contributed by atoms with Gasteiger partial charge < -0.3 is 15.4 Å². The molecule has 2 aromatic rings. The van der Waals surface area contributed by atoms with E-state index < -0.39 is 12.0 Å². The monoisotopic (exact) mass is 246 g/mol.